The molecule has 0 spiro atoms. The molecule has 1 rings (SSSR count). The molecule has 0 aromatic heterocycles. The highest BCUT2D eigenvalue weighted by atomic mass is 35.5. The molecule has 1 aromatic rings. The molecule has 0 unspecified atom stereocenters. The topological polar surface area (TPSA) is 46.6 Å². The van der Waals surface area contributed by atoms with Crippen LogP contribution in [-0.4, -0.2) is 18.6 Å². The Morgan fingerprint density at radius 3 is 2.29 bits per heavy atom. The molecule has 0 bridgehead atoms. The molecule has 0 atom stereocenters. The lowest BCUT2D eigenvalue weighted by atomic mass is 10.3. The number of carbonyl (C=O) groups is 2. The molecular weight excluding hydrogens is 206 g/mol. The normalized spacial score (nSPS) is 9.29. The van der Waals surface area contributed by atoms with Gasteiger partial charge >= 0.3 is 11.5 Å². The Labute approximate surface area is 86.0 Å². The third-order valence-corrected chi connectivity index (χ3v) is 1.72. The third kappa shape index (κ3) is 2.23. The van der Waals surface area contributed by atoms with Crippen molar-refractivity contribution in [2.24, 2.45) is 0 Å². The molecule has 74 valence electrons. The Kier molecular flexibility index (Phi) is 3.48. The maximum absolute atomic E-state index is 11.2. The summed E-state index contributed by atoms with van der Waals surface area (Å²) in [6.45, 7) is 0. The van der Waals surface area contributed by atoms with Gasteiger partial charge in [-0.15, -0.1) is 0 Å². The maximum Gasteiger partial charge on any atom is 0.421 e. The number of hydrogen-bond donors (Lipinski definition) is 0. The molecule has 0 radical (unpaired) electrons. The quantitative estimate of drug-likeness (QED) is 0.532. The summed E-state index contributed by atoms with van der Waals surface area (Å²) in [5.41, 5.74) is 0.374. The van der Waals surface area contributed by atoms with Crippen molar-refractivity contribution >= 4 is 28.7 Å². The summed E-state index contributed by atoms with van der Waals surface area (Å²) in [5.74, 6) is 0. The number of hydrogen-bond acceptors (Lipinski definition) is 3. The first-order chi connectivity index (χ1) is 6.66. The number of nitrogens with zero attached hydrogens (tertiary/aromatic N) is 1. The van der Waals surface area contributed by atoms with Crippen LogP contribution in [0.4, 0.5) is 15.3 Å². The second-order valence-electron chi connectivity index (χ2n) is 2.39. The predicted molar refractivity (Wildman–Crippen MR) is 52.6 cm³/mol. The number of methoxy groups -OCH3 is 1. The molecule has 0 N–H and O–H groups in total. The Bertz CT molecular complexity index is 339. The van der Waals surface area contributed by atoms with Crippen molar-refractivity contribution in [1.29, 1.82) is 0 Å². The number of imide groups is 1. The van der Waals surface area contributed by atoms with E-state index in [-0.39, 0.29) is 0 Å². The number of benzene rings is 1. The maximum atomic E-state index is 11.2. The van der Waals surface area contributed by atoms with Crippen LogP contribution in [0.1, 0.15) is 0 Å². The monoisotopic (exact) mass is 213 g/mol. The van der Waals surface area contributed by atoms with Gasteiger partial charge in [-0.2, -0.15) is 0 Å². The van der Waals surface area contributed by atoms with Crippen molar-refractivity contribution in [3.8, 4) is 0 Å². The fraction of sp³-hybridized carbons (Fsp3) is 0.111. The highest BCUT2D eigenvalue weighted by Gasteiger charge is 2.21. The first-order valence-electron chi connectivity index (χ1n) is 3.79. The van der Waals surface area contributed by atoms with Gasteiger partial charge in [0.05, 0.1) is 12.8 Å². The standard InChI is InChI=1S/C9H8ClNO3/c1-14-9(13)11(8(10)12)7-5-3-2-4-6-7/h2-6H,1H3. The molecule has 0 aliphatic carbocycles. The van der Waals surface area contributed by atoms with Crippen LogP contribution in [0.2, 0.25) is 0 Å². The Morgan fingerprint density at radius 1 is 1.29 bits per heavy atom. The lowest BCUT2D eigenvalue weighted by Crippen LogP contribution is -2.32. The van der Waals surface area contributed by atoms with Crippen LogP contribution in [0.5, 0.6) is 0 Å². The van der Waals surface area contributed by atoms with Gasteiger partial charge in [0.2, 0.25) is 0 Å². The van der Waals surface area contributed by atoms with Crippen LogP contribution in [0.15, 0.2) is 30.3 Å². The number of anilines is 1. The SMILES string of the molecule is COC(=O)N(C(=O)Cl)c1ccccc1. The molecule has 0 fully saturated rings. The highest BCUT2D eigenvalue weighted by Crippen LogP contribution is 2.16. The van der Waals surface area contributed by atoms with Crippen LogP contribution in [-0.2, 0) is 4.74 Å². The van der Waals surface area contributed by atoms with E-state index in [1.165, 1.54) is 7.11 Å². The Hall–Kier alpha value is -1.55. The first kappa shape index (κ1) is 10.5. The molecular formula is C9H8ClNO3. The highest BCUT2D eigenvalue weighted by molar-refractivity contribution is 6.68. The number of amides is 2. The molecule has 0 heterocycles. The number of para-hydroxylation sites is 1. The molecule has 0 saturated heterocycles. The van der Waals surface area contributed by atoms with Gasteiger partial charge in [-0.3, -0.25) is 4.79 Å². The number of rotatable bonds is 1. The second kappa shape index (κ2) is 4.62. The van der Waals surface area contributed by atoms with E-state index in [0.29, 0.717) is 5.69 Å². The fourth-order valence-electron chi connectivity index (χ4n) is 0.947. The summed E-state index contributed by atoms with van der Waals surface area (Å²) in [6, 6.07) is 8.29. The number of carbonyl (C=O) groups excluding carboxylic acids is 2. The largest absolute Gasteiger partial charge is 0.452 e. The smallest absolute Gasteiger partial charge is 0.421 e. The van der Waals surface area contributed by atoms with E-state index >= 15 is 0 Å². The predicted octanol–water partition coefficient (Wildman–Crippen LogP) is 2.62. The summed E-state index contributed by atoms with van der Waals surface area (Å²) >= 11 is 5.24. The van der Waals surface area contributed by atoms with Gasteiger partial charge in [0.25, 0.3) is 0 Å². The second-order valence-corrected chi connectivity index (χ2v) is 2.72. The zero-order valence-electron chi connectivity index (χ0n) is 7.44. The van der Waals surface area contributed by atoms with Crippen LogP contribution in [0, 0.1) is 0 Å². The van der Waals surface area contributed by atoms with Crippen LogP contribution in [0.3, 0.4) is 0 Å². The molecule has 4 nitrogen and oxygen atoms in total. The summed E-state index contributed by atoms with van der Waals surface area (Å²) in [5, 5.41) is -0.900. The van der Waals surface area contributed by atoms with Gasteiger partial charge in [-0.25, -0.2) is 9.69 Å². The lowest BCUT2D eigenvalue weighted by Gasteiger charge is -2.15. The summed E-state index contributed by atoms with van der Waals surface area (Å²) < 4.78 is 4.41. The minimum atomic E-state index is -0.900. The summed E-state index contributed by atoms with van der Waals surface area (Å²) in [7, 11) is 1.18. The minimum absolute atomic E-state index is 0.374. The van der Waals surface area contributed by atoms with Crippen LogP contribution in [0.25, 0.3) is 0 Å². The van der Waals surface area contributed by atoms with Crippen LogP contribution < -0.4 is 4.90 Å². The summed E-state index contributed by atoms with van der Waals surface area (Å²) in [4.78, 5) is 22.8. The van der Waals surface area contributed by atoms with E-state index < -0.39 is 11.5 Å². The minimum Gasteiger partial charge on any atom is -0.452 e. The van der Waals surface area contributed by atoms with E-state index in [2.05, 4.69) is 4.74 Å². The van der Waals surface area contributed by atoms with Crippen molar-refractivity contribution in [2.75, 3.05) is 12.0 Å². The van der Waals surface area contributed by atoms with Crippen molar-refractivity contribution in [3.05, 3.63) is 30.3 Å². The van der Waals surface area contributed by atoms with Crippen molar-refractivity contribution in [1.82, 2.24) is 0 Å². The van der Waals surface area contributed by atoms with E-state index in [9.17, 15) is 9.59 Å². The van der Waals surface area contributed by atoms with Gasteiger partial charge in [0.15, 0.2) is 0 Å². The number of halogens is 1. The molecule has 0 aliphatic rings. The van der Waals surface area contributed by atoms with Gasteiger partial charge in [-0.1, -0.05) is 18.2 Å². The van der Waals surface area contributed by atoms with Gasteiger partial charge in [0, 0.05) is 0 Å². The average molecular weight is 214 g/mol. The molecule has 14 heavy (non-hydrogen) atoms. The van der Waals surface area contributed by atoms with Gasteiger partial charge in [-0.05, 0) is 23.7 Å². The van der Waals surface area contributed by atoms with Crippen molar-refractivity contribution in [3.63, 3.8) is 0 Å². The molecule has 2 amide bonds. The van der Waals surface area contributed by atoms with Gasteiger partial charge < -0.3 is 4.74 Å². The van der Waals surface area contributed by atoms with Crippen molar-refractivity contribution in [2.45, 2.75) is 0 Å². The van der Waals surface area contributed by atoms with Crippen molar-refractivity contribution < 1.29 is 14.3 Å². The molecule has 0 saturated carbocycles. The average Bonchev–Trinajstić information content (AvgIpc) is 2.19. The first-order valence-corrected chi connectivity index (χ1v) is 4.17. The van der Waals surface area contributed by atoms with E-state index in [1.54, 1.807) is 30.3 Å². The summed E-state index contributed by atoms with van der Waals surface area (Å²) in [6.07, 6.45) is -0.809. The third-order valence-electron chi connectivity index (χ3n) is 1.55. The Balaban J connectivity index is 3.01. The van der Waals surface area contributed by atoms with E-state index in [1.807, 2.05) is 0 Å². The van der Waals surface area contributed by atoms with E-state index in [4.69, 9.17) is 11.6 Å². The zero-order valence-corrected chi connectivity index (χ0v) is 8.19. The zero-order chi connectivity index (χ0) is 10.6. The van der Waals surface area contributed by atoms with E-state index in [0.717, 1.165) is 4.90 Å². The molecule has 0 aliphatic heterocycles. The molecule has 1 aromatic carbocycles. The van der Waals surface area contributed by atoms with Crippen LogP contribution >= 0.6 is 11.6 Å². The Morgan fingerprint density at radius 2 is 1.86 bits per heavy atom. The van der Waals surface area contributed by atoms with Gasteiger partial charge in [0.1, 0.15) is 0 Å². The fourth-order valence-corrected chi connectivity index (χ4v) is 1.11. The number of ether oxygens (including phenoxy) is 1. The lowest BCUT2D eigenvalue weighted by molar-refractivity contribution is 0.180. The molecule has 5 heteroatoms.